The Morgan fingerprint density at radius 1 is 1.10 bits per heavy atom. The molecule has 0 spiro atoms. The fourth-order valence-electron chi connectivity index (χ4n) is 3.17. The van der Waals surface area contributed by atoms with Crippen LogP contribution in [0.4, 0.5) is 13.2 Å². The molecule has 156 valence electrons. The number of ether oxygens (including phenoxy) is 1. The molecule has 4 rings (SSSR count). The first kappa shape index (κ1) is 19.7. The predicted octanol–water partition coefficient (Wildman–Crippen LogP) is 3.46. The van der Waals surface area contributed by atoms with Gasteiger partial charge >= 0.3 is 6.36 Å². The molecular formula is C19H17F3N6O2. The van der Waals surface area contributed by atoms with Crippen LogP contribution in [0.2, 0.25) is 0 Å². The fraction of sp³-hybridized carbons (Fsp3) is 0.263. The Kier molecular flexibility index (Phi) is 4.60. The quantitative estimate of drug-likeness (QED) is 0.507. The van der Waals surface area contributed by atoms with Crippen molar-refractivity contribution in [1.82, 2.24) is 29.3 Å². The van der Waals surface area contributed by atoms with Crippen LogP contribution in [0.1, 0.15) is 19.9 Å². The number of benzene rings is 1. The van der Waals surface area contributed by atoms with Crippen molar-refractivity contribution in [2.45, 2.75) is 26.3 Å². The first-order chi connectivity index (χ1) is 14.1. The zero-order valence-electron chi connectivity index (χ0n) is 16.3. The van der Waals surface area contributed by atoms with Crippen LogP contribution < -0.4 is 10.3 Å². The Hall–Kier alpha value is -3.63. The minimum Gasteiger partial charge on any atom is -0.406 e. The molecule has 0 aliphatic heterocycles. The van der Waals surface area contributed by atoms with Crippen molar-refractivity contribution in [1.29, 1.82) is 0 Å². The Labute approximate surface area is 168 Å². The molecule has 0 radical (unpaired) electrons. The average molecular weight is 418 g/mol. The molecule has 3 heterocycles. The predicted molar refractivity (Wildman–Crippen MR) is 102 cm³/mol. The van der Waals surface area contributed by atoms with E-state index in [9.17, 15) is 18.0 Å². The van der Waals surface area contributed by atoms with E-state index in [1.54, 1.807) is 30.3 Å². The van der Waals surface area contributed by atoms with Crippen LogP contribution in [-0.4, -0.2) is 35.7 Å². The highest BCUT2D eigenvalue weighted by Crippen LogP contribution is 2.28. The highest BCUT2D eigenvalue weighted by molar-refractivity contribution is 5.90. The molecule has 0 aliphatic carbocycles. The first-order valence-corrected chi connectivity index (χ1v) is 9.00. The van der Waals surface area contributed by atoms with E-state index in [1.165, 1.54) is 21.4 Å². The molecule has 0 aliphatic rings. The number of hydrogen-bond acceptors (Lipinski definition) is 5. The molecule has 0 N–H and O–H groups in total. The van der Waals surface area contributed by atoms with Gasteiger partial charge in [0.05, 0.1) is 6.20 Å². The minimum atomic E-state index is -4.79. The highest BCUT2D eigenvalue weighted by atomic mass is 19.4. The third-order valence-corrected chi connectivity index (χ3v) is 4.48. The molecule has 8 nitrogen and oxygen atoms in total. The Morgan fingerprint density at radius 2 is 1.80 bits per heavy atom. The van der Waals surface area contributed by atoms with Crippen molar-refractivity contribution in [3.63, 3.8) is 0 Å². The molecule has 0 bridgehead atoms. The number of alkyl halides is 3. The van der Waals surface area contributed by atoms with Gasteiger partial charge in [0.25, 0.3) is 5.56 Å². The summed E-state index contributed by atoms with van der Waals surface area (Å²) in [6.07, 6.45) is 0.206. The summed E-state index contributed by atoms with van der Waals surface area (Å²) < 4.78 is 45.7. The molecule has 11 heteroatoms. The molecule has 0 amide bonds. The van der Waals surface area contributed by atoms with Crippen molar-refractivity contribution in [2.24, 2.45) is 7.05 Å². The SMILES string of the molecule is CC(C)n1nnc2c(-c3cnn(C)c3)cn(-c3ccc(OC(F)(F)F)cc3)c(=O)c21. The van der Waals surface area contributed by atoms with Crippen molar-refractivity contribution in [3.05, 3.63) is 53.2 Å². The van der Waals surface area contributed by atoms with E-state index in [0.29, 0.717) is 22.3 Å². The van der Waals surface area contributed by atoms with Gasteiger partial charge < -0.3 is 4.74 Å². The van der Waals surface area contributed by atoms with Gasteiger partial charge in [0, 0.05) is 42.3 Å². The summed E-state index contributed by atoms with van der Waals surface area (Å²) in [6.45, 7) is 3.75. The molecule has 0 saturated heterocycles. The summed E-state index contributed by atoms with van der Waals surface area (Å²) in [4.78, 5) is 13.2. The van der Waals surface area contributed by atoms with Crippen LogP contribution in [0.3, 0.4) is 0 Å². The van der Waals surface area contributed by atoms with Crippen molar-refractivity contribution in [2.75, 3.05) is 0 Å². The molecule has 3 aromatic heterocycles. The van der Waals surface area contributed by atoms with Crippen LogP contribution in [0.5, 0.6) is 5.75 Å². The van der Waals surface area contributed by atoms with Crippen molar-refractivity contribution in [3.8, 4) is 22.6 Å². The molecular weight excluding hydrogens is 401 g/mol. The second kappa shape index (κ2) is 7.01. The largest absolute Gasteiger partial charge is 0.573 e. The van der Waals surface area contributed by atoms with Crippen LogP contribution in [0.25, 0.3) is 27.8 Å². The van der Waals surface area contributed by atoms with E-state index in [1.807, 2.05) is 13.8 Å². The summed E-state index contributed by atoms with van der Waals surface area (Å²) in [5.74, 6) is -0.373. The van der Waals surface area contributed by atoms with Gasteiger partial charge in [-0.25, -0.2) is 4.68 Å². The van der Waals surface area contributed by atoms with Gasteiger partial charge in [-0.1, -0.05) is 5.21 Å². The van der Waals surface area contributed by atoms with Crippen molar-refractivity contribution >= 4 is 11.0 Å². The molecule has 0 fully saturated rings. The summed E-state index contributed by atoms with van der Waals surface area (Å²) in [6, 6.07) is 4.95. The van der Waals surface area contributed by atoms with E-state index >= 15 is 0 Å². The maximum atomic E-state index is 13.2. The molecule has 0 atom stereocenters. The van der Waals surface area contributed by atoms with Gasteiger partial charge in [-0.05, 0) is 38.1 Å². The van der Waals surface area contributed by atoms with E-state index < -0.39 is 6.36 Å². The highest BCUT2D eigenvalue weighted by Gasteiger charge is 2.31. The van der Waals surface area contributed by atoms with Crippen LogP contribution in [-0.2, 0) is 7.05 Å². The normalized spacial score (nSPS) is 12.1. The van der Waals surface area contributed by atoms with Gasteiger partial charge in [0.1, 0.15) is 11.3 Å². The lowest BCUT2D eigenvalue weighted by molar-refractivity contribution is -0.274. The Bertz CT molecular complexity index is 1270. The van der Waals surface area contributed by atoms with Crippen LogP contribution in [0, 0.1) is 0 Å². The number of hydrogen-bond donors (Lipinski definition) is 0. The molecule has 0 saturated carbocycles. The third-order valence-electron chi connectivity index (χ3n) is 4.48. The fourth-order valence-corrected chi connectivity index (χ4v) is 3.17. The standard InChI is InChI=1S/C19H17F3N6O2/c1-11(2)28-17-16(24-25-28)15(12-8-23-26(3)9-12)10-27(18(17)29)13-4-6-14(7-5-13)30-19(20,21)22/h4-11H,1-3H3. The molecule has 1 aromatic carbocycles. The second-order valence-corrected chi connectivity index (χ2v) is 6.99. The summed E-state index contributed by atoms with van der Waals surface area (Å²) in [7, 11) is 1.76. The molecule has 4 aromatic rings. The third kappa shape index (κ3) is 3.53. The van der Waals surface area contributed by atoms with Gasteiger partial charge in [0.15, 0.2) is 5.52 Å². The summed E-state index contributed by atoms with van der Waals surface area (Å²) in [5, 5.41) is 12.5. The molecule has 30 heavy (non-hydrogen) atoms. The zero-order valence-corrected chi connectivity index (χ0v) is 16.3. The number of fused-ring (bicyclic) bond motifs is 1. The smallest absolute Gasteiger partial charge is 0.406 e. The topological polar surface area (TPSA) is 79.8 Å². The van der Waals surface area contributed by atoms with E-state index in [0.717, 1.165) is 17.7 Å². The van der Waals surface area contributed by atoms with Gasteiger partial charge in [-0.3, -0.25) is 14.0 Å². The number of rotatable bonds is 4. The van der Waals surface area contributed by atoms with E-state index in [2.05, 4.69) is 20.1 Å². The Balaban J connectivity index is 1.93. The lowest BCUT2D eigenvalue weighted by Crippen LogP contribution is -2.22. The lowest BCUT2D eigenvalue weighted by Gasteiger charge is -2.12. The maximum absolute atomic E-state index is 13.2. The second-order valence-electron chi connectivity index (χ2n) is 6.99. The van der Waals surface area contributed by atoms with Gasteiger partial charge in [0.2, 0.25) is 0 Å². The summed E-state index contributed by atoms with van der Waals surface area (Å²) in [5.41, 5.74) is 2.06. The zero-order chi connectivity index (χ0) is 21.6. The monoisotopic (exact) mass is 418 g/mol. The number of nitrogens with zero attached hydrogens (tertiary/aromatic N) is 6. The number of aromatic nitrogens is 6. The number of halogens is 3. The van der Waals surface area contributed by atoms with Gasteiger partial charge in [-0.15, -0.1) is 18.3 Å². The van der Waals surface area contributed by atoms with E-state index in [-0.39, 0.29) is 17.4 Å². The number of pyridine rings is 1. The van der Waals surface area contributed by atoms with E-state index in [4.69, 9.17) is 0 Å². The first-order valence-electron chi connectivity index (χ1n) is 9.00. The average Bonchev–Trinajstić information content (AvgIpc) is 3.29. The van der Waals surface area contributed by atoms with Gasteiger partial charge in [-0.2, -0.15) is 5.10 Å². The Morgan fingerprint density at radius 3 is 2.37 bits per heavy atom. The summed E-state index contributed by atoms with van der Waals surface area (Å²) >= 11 is 0. The number of aryl methyl sites for hydroxylation is 1. The maximum Gasteiger partial charge on any atom is 0.573 e. The lowest BCUT2D eigenvalue weighted by atomic mass is 10.1. The van der Waals surface area contributed by atoms with Crippen LogP contribution >= 0.6 is 0 Å². The minimum absolute atomic E-state index is 0.122. The van der Waals surface area contributed by atoms with Crippen molar-refractivity contribution < 1.29 is 17.9 Å². The molecule has 0 unspecified atom stereocenters. The van der Waals surface area contributed by atoms with Crippen LogP contribution in [0.15, 0.2) is 47.7 Å².